The molecule has 2 rings (SSSR count). The quantitative estimate of drug-likeness (QED) is 0.646. The number of rotatable bonds is 0. The molecule has 0 atom stereocenters. The van der Waals surface area contributed by atoms with E-state index in [2.05, 4.69) is 59.1 Å². The van der Waals surface area contributed by atoms with E-state index in [4.69, 9.17) is 4.98 Å². The van der Waals surface area contributed by atoms with Crippen molar-refractivity contribution >= 4 is 21.6 Å². The standard InChI is InChI=1S/C15H21NS/c1-14(2,3)11-9-10-7-8-17-13(10)16-12(11)15(4,5)6/h7-9H,1-6H3. The first-order valence-electron chi connectivity index (χ1n) is 6.09. The third-order valence-electron chi connectivity index (χ3n) is 2.96. The van der Waals surface area contributed by atoms with Gasteiger partial charge in [0.05, 0.1) is 5.69 Å². The van der Waals surface area contributed by atoms with Gasteiger partial charge >= 0.3 is 0 Å². The number of fused-ring (bicyclic) bond motifs is 1. The van der Waals surface area contributed by atoms with Crippen molar-refractivity contribution in [3.63, 3.8) is 0 Å². The molecular weight excluding hydrogens is 226 g/mol. The largest absolute Gasteiger partial charge is 0.241 e. The van der Waals surface area contributed by atoms with Crippen molar-refractivity contribution in [2.24, 2.45) is 0 Å². The maximum Gasteiger partial charge on any atom is 0.123 e. The number of thiophene rings is 1. The third-order valence-corrected chi connectivity index (χ3v) is 3.78. The van der Waals surface area contributed by atoms with E-state index in [1.54, 1.807) is 11.3 Å². The molecule has 0 saturated heterocycles. The normalized spacial score (nSPS) is 13.3. The summed E-state index contributed by atoms with van der Waals surface area (Å²) in [5, 5.41) is 3.39. The van der Waals surface area contributed by atoms with Crippen molar-refractivity contribution in [1.82, 2.24) is 4.98 Å². The fourth-order valence-corrected chi connectivity index (χ4v) is 2.79. The lowest BCUT2D eigenvalue weighted by Crippen LogP contribution is -2.23. The van der Waals surface area contributed by atoms with Gasteiger partial charge in [0.1, 0.15) is 4.83 Å². The van der Waals surface area contributed by atoms with E-state index in [0.29, 0.717) is 0 Å². The van der Waals surface area contributed by atoms with Crippen LogP contribution >= 0.6 is 11.3 Å². The number of aromatic nitrogens is 1. The molecule has 1 nitrogen and oxygen atoms in total. The summed E-state index contributed by atoms with van der Waals surface area (Å²) in [5.74, 6) is 0. The van der Waals surface area contributed by atoms with Crippen LogP contribution in [0.4, 0.5) is 0 Å². The molecule has 2 aromatic heterocycles. The lowest BCUT2D eigenvalue weighted by atomic mass is 9.78. The maximum atomic E-state index is 4.89. The van der Waals surface area contributed by atoms with Gasteiger partial charge in [-0.1, -0.05) is 41.5 Å². The molecule has 0 N–H and O–H groups in total. The Labute approximate surface area is 108 Å². The Hall–Kier alpha value is -0.890. The maximum absolute atomic E-state index is 4.89. The Morgan fingerprint density at radius 2 is 1.65 bits per heavy atom. The molecule has 17 heavy (non-hydrogen) atoms. The highest BCUT2D eigenvalue weighted by Crippen LogP contribution is 2.35. The van der Waals surface area contributed by atoms with Crippen LogP contribution in [-0.2, 0) is 10.8 Å². The van der Waals surface area contributed by atoms with Crippen LogP contribution in [0, 0.1) is 0 Å². The first-order chi connectivity index (χ1) is 7.69. The second-order valence-electron chi connectivity index (χ2n) is 6.70. The Morgan fingerprint density at radius 3 is 2.18 bits per heavy atom. The van der Waals surface area contributed by atoms with Crippen LogP contribution in [-0.4, -0.2) is 4.98 Å². The second kappa shape index (κ2) is 3.81. The lowest BCUT2D eigenvalue weighted by Gasteiger charge is -2.28. The minimum atomic E-state index is 0.0980. The van der Waals surface area contributed by atoms with E-state index < -0.39 is 0 Å². The molecule has 0 saturated carbocycles. The summed E-state index contributed by atoms with van der Waals surface area (Å²) in [5.41, 5.74) is 2.85. The van der Waals surface area contributed by atoms with Crippen LogP contribution in [0.5, 0.6) is 0 Å². The molecule has 92 valence electrons. The van der Waals surface area contributed by atoms with Gasteiger partial charge in [-0.05, 0) is 28.5 Å². The van der Waals surface area contributed by atoms with Gasteiger partial charge in [-0.2, -0.15) is 0 Å². The summed E-state index contributed by atoms with van der Waals surface area (Å²) >= 11 is 1.73. The van der Waals surface area contributed by atoms with Gasteiger partial charge in [0.25, 0.3) is 0 Å². The van der Waals surface area contributed by atoms with Crippen molar-refractivity contribution in [3.05, 3.63) is 28.8 Å². The highest BCUT2D eigenvalue weighted by atomic mass is 32.1. The summed E-state index contributed by atoms with van der Waals surface area (Å²) in [6.45, 7) is 13.5. The van der Waals surface area contributed by atoms with Gasteiger partial charge < -0.3 is 0 Å². The highest BCUT2D eigenvalue weighted by Gasteiger charge is 2.27. The average Bonchev–Trinajstić information content (AvgIpc) is 2.59. The van der Waals surface area contributed by atoms with Gasteiger partial charge in [0, 0.05) is 10.8 Å². The monoisotopic (exact) mass is 247 g/mol. The summed E-state index contributed by atoms with van der Waals surface area (Å²) < 4.78 is 0. The molecular formula is C15H21NS. The molecule has 0 bridgehead atoms. The summed E-state index contributed by atoms with van der Waals surface area (Å²) in [7, 11) is 0. The first kappa shape index (κ1) is 12.6. The van der Waals surface area contributed by atoms with Crippen LogP contribution in [0.2, 0.25) is 0 Å². The van der Waals surface area contributed by atoms with Crippen LogP contribution in [0.1, 0.15) is 52.8 Å². The van der Waals surface area contributed by atoms with Crippen molar-refractivity contribution in [3.8, 4) is 0 Å². The van der Waals surface area contributed by atoms with Crippen molar-refractivity contribution < 1.29 is 0 Å². The molecule has 2 aromatic rings. The van der Waals surface area contributed by atoms with Gasteiger partial charge in [-0.15, -0.1) is 11.3 Å². The minimum Gasteiger partial charge on any atom is -0.241 e. The molecule has 0 radical (unpaired) electrons. The van der Waals surface area contributed by atoms with Gasteiger partial charge in [-0.25, -0.2) is 4.98 Å². The fourth-order valence-electron chi connectivity index (χ4n) is 2.04. The average molecular weight is 247 g/mol. The fraction of sp³-hybridized carbons (Fsp3) is 0.533. The van der Waals surface area contributed by atoms with E-state index in [0.717, 1.165) is 4.83 Å². The predicted octanol–water partition coefficient (Wildman–Crippen LogP) is 4.89. The molecule has 0 aromatic carbocycles. The zero-order chi connectivity index (χ0) is 12.8. The van der Waals surface area contributed by atoms with Crippen molar-refractivity contribution in [1.29, 1.82) is 0 Å². The van der Waals surface area contributed by atoms with Crippen LogP contribution in [0.25, 0.3) is 10.2 Å². The topological polar surface area (TPSA) is 12.9 Å². The van der Waals surface area contributed by atoms with Crippen LogP contribution in [0.3, 0.4) is 0 Å². The zero-order valence-corrected chi connectivity index (χ0v) is 12.4. The van der Waals surface area contributed by atoms with Gasteiger partial charge in [0.2, 0.25) is 0 Å². The molecule has 0 fully saturated rings. The summed E-state index contributed by atoms with van der Waals surface area (Å²) in [6.07, 6.45) is 0. The Morgan fingerprint density at radius 1 is 1.00 bits per heavy atom. The van der Waals surface area contributed by atoms with E-state index >= 15 is 0 Å². The van der Waals surface area contributed by atoms with Crippen molar-refractivity contribution in [2.75, 3.05) is 0 Å². The molecule has 2 heteroatoms. The number of nitrogens with zero attached hydrogens (tertiary/aromatic N) is 1. The van der Waals surface area contributed by atoms with Gasteiger partial charge in [-0.3, -0.25) is 0 Å². The van der Waals surface area contributed by atoms with E-state index in [1.807, 2.05) is 0 Å². The van der Waals surface area contributed by atoms with E-state index in [-0.39, 0.29) is 10.8 Å². The first-order valence-corrected chi connectivity index (χ1v) is 6.97. The SMILES string of the molecule is CC(C)(C)c1cc2ccsc2nc1C(C)(C)C. The highest BCUT2D eigenvalue weighted by molar-refractivity contribution is 7.16. The summed E-state index contributed by atoms with van der Waals surface area (Å²) in [6, 6.07) is 4.48. The summed E-state index contributed by atoms with van der Waals surface area (Å²) in [4.78, 5) is 6.05. The van der Waals surface area contributed by atoms with E-state index in [9.17, 15) is 0 Å². The Balaban J connectivity index is 2.78. The van der Waals surface area contributed by atoms with Crippen molar-refractivity contribution in [2.45, 2.75) is 52.4 Å². The Bertz CT molecular complexity index is 490. The molecule has 2 heterocycles. The molecule has 0 spiro atoms. The number of hydrogen-bond donors (Lipinski definition) is 0. The second-order valence-corrected chi connectivity index (χ2v) is 7.59. The third kappa shape index (κ3) is 2.37. The van der Waals surface area contributed by atoms with Crippen LogP contribution < -0.4 is 0 Å². The molecule has 0 aliphatic carbocycles. The predicted molar refractivity (Wildman–Crippen MR) is 77.0 cm³/mol. The molecule has 0 unspecified atom stereocenters. The lowest BCUT2D eigenvalue weighted by molar-refractivity contribution is 0.517. The zero-order valence-electron chi connectivity index (χ0n) is 11.6. The van der Waals surface area contributed by atoms with Gasteiger partial charge in [0.15, 0.2) is 0 Å². The van der Waals surface area contributed by atoms with Crippen LogP contribution in [0.15, 0.2) is 17.5 Å². The van der Waals surface area contributed by atoms with E-state index in [1.165, 1.54) is 16.6 Å². The molecule has 0 amide bonds. The number of hydrogen-bond acceptors (Lipinski definition) is 2. The minimum absolute atomic E-state index is 0.0980. The molecule has 0 aliphatic heterocycles. The smallest absolute Gasteiger partial charge is 0.123 e. The molecule has 0 aliphatic rings. The number of pyridine rings is 1. The Kier molecular flexibility index (Phi) is 2.81.